The van der Waals surface area contributed by atoms with E-state index in [1.54, 1.807) is 0 Å². The lowest BCUT2D eigenvalue weighted by atomic mass is 10.0. The Morgan fingerprint density at radius 2 is 2.29 bits per heavy atom. The first kappa shape index (κ1) is 9.51. The standard InChI is InChI=1S/C8H11F2N3O/c9-6(10)8-12-7(13-14-8)5-3-1-2-4-11-5/h5-6,11H,1-4H2. The van der Waals surface area contributed by atoms with Gasteiger partial charge in [-0.2, -0.15) is 13.8 Å². The summed E-state index contributed by atoms with van der Waals surface area (Å²) in [4.78, 5) is 3.64. The van der Waals surface area contributed by atoms with Gasteiger partial charge in [0.2, 0.25) is 0 Å². The van der Waals surface area contributed by atoms with Gasteiger partial charge in [-0.05, 0) is 19.4 Å². The Morgan fingerprint density at radius 3 is 2.86 bits per heavy atom. The van der Waals surface area contributed by atoms with Crippen LogP contribution in [-0.4, -0.2) is 16.7 Å². The summed E-state index contributed by atoms with van der Waals surface area (Å²) in [5, 5.41) is 6.69. The van der Waals surface area contributed by atoms with Crippen LogP contribution in [0.1, 0.15) is 43.4 Å². The van der Waals surface area contributed by atoms with Crippen LogP contribution < -0.4 is 5.32 Å². The summed E-state index contributed by atoms with van der Waals surface area (Å²) in [5.41, 5.74) is 0. The molecule has 0 spiro atoms. The molecule has 2 rings (SSSR count). The molecule has 1 N–H and O–H groups in total. The monoisotopic (exact) mass is 203 g/mol. The number of hydrogen-bond donors (Lipinski definition) is 1. The van der Waals surface area contributed by atoms with Gasteiger partial charge in [-0.15, -0.1) is 0 Å². The van der Waals surface area contributed by atoms with Gasteiger partial charge in [-0.3, -0.25) is 0 Å². The maximum absolute atomic E-state index is 12.1. The number of rotatable bonds is 2. The zero-order chi connectivity index (χ0) is 9.97. The Hall–Kier alpha value is -1.04. The molecule has 0 saturated carbocycles. The van der Waals surface area contributed by atoms with Gasteiger partial charge in [-0.25, -0.2) is 0 Å². The number of nitrogens with one attached hydrogen (secondary N) is 1. The fraction of sp³-hybridized carbons (Fsp3) is 0.750. The number of halogens is 2. The van der Waals surface area contributed by atoms with E-state index in [0.717, 1.165) is 25.8 Å². The second kappa shape index (κ2) is 4.00. The highest BCUT2D eigenvalue weighted by atomic mass is 19.3. The summed E-state index contributed by atoms with van der Waals surface area (Å²) in [5.74, 6) is -0.243. The average Bonchev–Trinajstić information content (AvgIpc) is 2.68. The third-order valence-corrected chi connectivity index (χ3v) is 2.27. The Morgan fingerprint density at radius 1 is 1.43 bits per heavy atom. The minimum atomic E-state index is -2.68. The molecule has 1 unspecified atom stereocenters. The average molecular weight is 203 g/mol. The zero-order valence-corrected chi connectivity index (χ0v) is 7.54. The second-order valence-electron chi connectivity index (χ2n) is 3.29. The molecule has 1 aliphatic heterocycles. The molecule has 1 fully saturated rings. The maximum Gasteiger partial charge on any atom is 0.315 e. The van der Waals surface area contributed by atoms with Gasteiger partial charge in [0.1, 0.15) is 0 Å². The highest BCUT2D eigenvalue weighted by Gasteiger charge is 2.23. The number of hydrogen-bond acceptors (Lipinski definition) is 4. The molecule has 4 nitrogen and oxygen atoms in total. The number of alkyl halides is 2. The summed E-state index contributed by atoms with van der Waals surface area (Å²) >= 11 is 0. The van der Waals surface area contributed by atoms with Crippen molar-refractivity contribution in [3.8, 4) is 0 Å². The summed E-state index contributed by atoms with van der Waals surface area (Å²) in [6.45, 7) is 0.878. The van der Waals surface area contributed by atoms with Crippen LogP contribution in [0.15, 0.2) is 4.52 Å². The van der Waals surface area contributed by atoms with E-state index in [2.05, 4.69) is 20.0 Å². The number of aromatic nitrogens is 2. The topological polar surface area (TPSA) is 51.0 Å². The molecule has 0 radical (unpaired) electrons. The number of nitrogens with zero attached hydrogens (tertiary/aromatic N) is 2. The predicted molar refractivity (Wildman–Crippen MR) is 43.8 cm³/mol. The first-order valence-electron chi connectivity index (χ1n) is 4.62. The lowest BCUT2D eigenvalue weighted by Gasteiger charge is -2.19. The minimum absolute atomic E-state index is 0.0278. The highest BCUT2D eigenvalue weighted by Crippen LogP contribution is 2.23. The molecule has 0 bridgehead atoms. The van der Waals surface area contributed by atoms with Gasteiger partial charge in [-0.1, -0.05) is 11.6 Å². The van der Waals surface area contributed by atoms with Crippen LogP contribution >= 0.6 is 0 Å². The summed E-state index contributed by atoms with van der Waals surface area (Å²) < 4.78 is 28.7. The van der Waals surface area contributed by atoms with Crippen molar-refractivity contribution in [2.45, 2.75) is 31.7 Å². The van der Waals surface area contributed by atoms with E-state index in [1.807, 2.05) is 0 Å². The van der Waals surface area contributed by atoms with Crippen LogP contribution in [0.3, 0.4) is 0 Å². The van der Waals surface area contributed by atoms with Crippen molar-refractivity contribution in [3.05, 3.63) is 11.7 Å². The predicted octanol–water partition coefficient (Wildman–Crippen LogP) is 1.82. The molecule has 1 aliphatic rings. The van der Waals surface area contributed by atoms with E-state index >= 15 is 0 Å². The van der Waals surface area contributed by atoms with Crippen LogP contribution in [0.4, 0.5) is 8.78 Å². The van der Waals surface area contributed by atoms with Gasteiger partial charge < -0.3 is 9.84 Å². The van der Waals surface area contributed by atoms with Crippen molar-refractivity contribution in [1.82, 2.24) is 15.5 Å². The minimum Gasteiger partial charge on any atom is -0.333 e. The van der Waals surface area contributed by atoms with Gasteiger partial charge in [0.05, 0.1) is 6.04 Å². The Labute approximate surface area is 79.7 Å². The van der Waals surface area contributed by atoms with Gasteiger partial charge in [0, 0.05) is 0 Å². The van der Waals surface area contributed by atoms with Crippen molar-refractivity contribution < 1.29 is 13.3 Å². The molecule has 0 amide bonds. The molecular formula is C8H11F2N3O. The maximum atomic E-state index is 12.1. The second-order valence-corrected chi connectivity index (χ2v) is 3.29. The molecule has 2 heterocycles. The zero-order valence-electron chi connectivity index (χ0n) is 7.54. The van der Waals surface area contributed by atoms with Crippen LogP contribution in [0.5, 0.6) is 0 Å². The van der Waals surface area contributed by atoms with E-state index in [4.69, 9.17) is 0 Å². The molecule has 78 valence electrons. The van der Waals surface area contributed by atoms with Crippen LogP contribution in [0.25, 0.3) is 0 Å². The van der Waals surface area contributed by atoms with Gasteiger partial charge in [0.15, 0.2) is 5.82 Å². The smallest absolute Gasteiger partial charge is 0.315 e. The normalized spacial score (nSPS) is 22.9. The largest absolute Gasteiger partial charge is 0.333 e. The van der Waals surface area contributed by atoms with E-state index in [9.17, 15) is 8.78 Å². The quantitative estimate of drug-likeness (QED) is 0.796. The Kier molecular flexibility index (Phi) is 2.72. The highest BCUT2D eigenvalue weighted by molar-refractivity contribution is 4.96. The first-order chi connectivity index (χ1) is 6.77. The van der Waals surface area contributed by atoms with Crippen LogP contribution in [0, 0.1) is 0 Å². The van der Waals surface area contributed by atoms with Crippen molar-refractivity contribution >= 4 is 0 Å². The molecular weight excluding hydrogens is 192 g/mol. The lowest BCUT2D eigenvalue weighted by molar-refractivity contribution is 0.106. The van der Waals surface area contributed by atoms with Gasteiger partial charge >= 0.3 is 6.43 Å². The molecule has 1 aromatic heterocycles. The molecule has 1 aromatic rings. The number of piperidine rings is 1. The molecule has 6 heteroatoms. The molecule has 14 heavy (non-hydrogen) atoms. The summed E-state index contributed by atoms with van der Waals surface area (Å²) in [7, 11) is 0. The van der Waals surface area contributed by atoms with Gasteiger partial charge in [0.25, 0.3) is 5.89 Å². The molecule has 0 aliphatic carbocycles. The lowest BCUT2D eigenvalue weighted by Crippen LogP contribution is -2.27. The van der Waals surface area contributed by atoms with E-state index in [0.29, 0.717) is 5.82 Å². The third kappa shape index (κ3) is 1.89. The molecule has 0 aromatic carbocycles. The van der Waals surface area contributed by atoms with E-state index in [1.165, 1.54) is 0 Å². The Balaban J connectivity index is 2.07. The van der Waals surface area contributed by atoms with E-state index in [-0.39, 0.29) is 6.04 Å². The van der Waals surface area contributed by atoms with E-state index < -0.39 is 12.3 Å². The fourth-order valence-corrected chi connectivity index (χ4v) is 1.55. The molecule has 1 saturated heterocycles. The van der Waals surface area contributed by atoms with Crippen LogP contribution in [-0.2, 0) is 0 Å². The summed E-state index contributed by atoms with van der Waals surface area (Å²) in [6.07, 6.45) is 0.369. The summed E-state index contributed by atoms with van der Waals surface area (Å²) in [6, 6.07) is -0.0278. The first-order valence-corrected chi connectivity index (χ1v) is 4.62. The van der Waals surface area contributed by atoms with Crippen LogP contribution in [0.2, 0.25) is 0 Å². The van der Waals surface area contributed by atoms with Crippen molar-refractivity contribution in [3.63, 3.8) is 0 Å². The Bertz CT molecular complexity index is 297. The van der Waals surface area contributed by atoms with Crippen molar-refractivity contribution in [2.75, 3.05) is 6.54 Å². The third-order valence-electron chi connectivity index (χ3n) is 2.27. The SMILES string of the molecule is FC(F)c1nc(C2CCCCN2)no1. The van der Waals surface area contributed by atoms with Crippen molar-refractivity contribution in [1.29, 1.82) is 0 Å². The fourth-order valence-electron chi connectivity index (χ4n) is 1.55. The molecule has 1 atom stereocenters. The van der Waals surface area contributed by atoms with Crippen molar-refractivity contribution in [2.24, 2.45) is 0 Å².